The average molecular weight is 287 g/mol. The highest BCUT2D eigenvalue weighted by molar-refractivity contribution is 7.93. The lowest BCUT2D eigenvalue weighted by Crippen LogP contribution is -2.19. The molecule has 2 aromatic rings. The number of fused-ring (bicyclic) bond motifs is 1. The van der Waals surface area contributed by atoms with Crippen LogP contribution in [0.5, 0.6) is 0 Å². The predicted octanol–water partition coefficient (Wildman–Crippen LogP) is 3.32. The van der Waals surface area contributed by atoms with Gasteiger partial charge in [-0.3, -0.25) is 0 Å². The molecule has 4 heteroatoms. The number of aliphatic hydroxyl groups excluding tert-OH is 1. The van der Waals surface area contributed by atoms with Crippen LogP contribution in [0.1, 0.15) is 17.9 Å². The first-order valence-corrected chi connectivity index (χ1v) is 8.41. The molecule has 0 aromatic heterocycles. The molecule has 0 saturated carbocycles. The van der Waals surface area contributed by atoms with Crippen LogP contribution in [0.15, 0.2) is 63.9 Å². The summed E-state index contributed by atoms with van der Waals surface area (Å²) in [6.45, 7) is 0.101. The minimum atomic E-state index is -2.44. The number of nitrogens with zero attached hydrogens (tertiary/aromatic N) is 1. The van der Waals surface area contributed by atoms with Crippen LogP contribution in [0.2, 0.25) is 0 Å². The van der Waals surface area contributed by atoms with Gasteiger partial charge in [0.15, 0.2) is 0 Å². The first-order chi connectivity index (χ1) is 9.73. The average Bonchev–Trinajstić information content (AvgIpc) is 2.48. The smallest absolute Gasteiger partial charge is 0.0806 e. The summed E-state index contributed by atoms with van der Waals surface area (Å²) in [5.41, 5.74) is 1.89. The third-order valence-electron chi connectivity index (χ3n) is 3.64. The van der Waals surface area contributed by atoms with Crippen LogP contribution in [-0.4, -0.2) is 21.7 Å². The van der Waals surface area contributed by atoms with E-state index in [9.17, 15) is 9.32 Å². The van der Waals surface area contributed by atoms with Crippen molar-refractivity contribution >= 4 is 15.4 Å². The predicted molar refractivity (Wildman–Crippen MR) is 80.7 cm³/mol. The van der Waals surface area contributed by atoms with E-state index >= 15 is 0 Å². The zero-order valence-corrected chi connectivity index (χ0v) is 11.9. The maximum absolute atomic E-state index is 13.2. The van der Waals surface area contributed by atoms with Crippen molar-refractivity contribution in [2.75, 3.05) is 12.4 Å². The van der Waals surface area contributed by atoms with E-state index in [4.69, 9.17) is 0 Å². The fourth-order valence-corrected chi connectivity index (χ4v) is 4.98. The van der Waals surface area contributed by atoms with E-state index < -0.39 is 9.73 Å². The molecule has 2 atom stereocenters. The monoisotopic (exact) mass is 287 g/mol. The lowest BCUT2D eigenvalue weighted by atomic mass is 9.96. The molecule has 0 saturated heterocycles. The Labute approximate surface area is 119 Å². The Kier molecular flexibility index (Phi) is 3.59. The fraction of sp³-hybridized carbons (Fsp3) is 0.250. The van der Waals surface area contributed by atoms with E-state index in [1.165, 1.54) is 0 Å². The third-order valence-corrected chi connectivity index (χ3v) is 5.99. The van der Waals surface area contributed by atoms with Crippen LogP contribution in [-0.2, 0) is 9.73 Å². The summed E-state index contributed by atoms with van der Waals surface area (Å²) in [6.07, 6.45) is 0.621. The van der Waals surface area contributed by atoms with Crippen molar-refractivity contribution in [3.63, 3.8) is 0 Å². The quantitative estimate of drug-likeness (QED) is 0.941. The Morgan fingerprint density at radius 1 is 1.10 bits per heavy atom. The van der Waals surface area contributed by atoms with E-state index in [0.29, 0.717) is 12.2 Å². The molecule has 3 rings (SSSR count). The number of aliphatic hydroxyl groups is 1. The van der Waals surface area contributed by atoms with Gasteiger partial charge in [-0.15, -0.1) is 0 Å². The molecule has 0 spiro atoms. The maximum atomic E-state index is 13.2. The van der Waals surface area contributed by atoms with Crippen molar-refractivity contribution in [3.8, 4) is 0 Å². The molecule has 0 amide bonds. The standard InChI is InChI=1S/C16H17NO2S/c18-11-10-13-12-20(19,14-6-2-1-3-7-14)17-16-9-5-4-8-15(13)16/h1-9,13,18H,10-12H2/t13-,20+/m0/s1. The molecule has 3 nitrogen and oxygen atoms in total. The van der Waals surface area contributed by atoms with Gasteiger partial charge in [0, 0.05) is 23.2 Å². The fourth-order valence-electron chi connectivity index (χ4n) is 2.65. The first-order valence-electron chi connectivity index (χ1n) is 6.73. The lowest BCUT2D eigenvalue weighted by molar-refractivity contribution is 0.279. The van der Waals surface area contributed by atoms with Gasteiger partial charge in [0.2, 0.25) is 0 Å². The molecule has 1 N–H and O–H groups in total. The van der Waals surface area contributed by atoms with E-state index in [2.05, 4.69) is 4.36 Å². The highest BCUT2D eigenvalue weighted by atomic mass is 32.2. The molecule has 1 aliphatic heterocycles. The zero-order valence-electron chi connectivity index (χ0n) is 11.1. The van der Waals surface area contributed by atoms with Gasteiger partial charge >= 0.3 is 0 Å². The van der Waals surface area contributed by atoms with Crippen molar-refractivity contribution in [1.82, 2.24) is 0 Å². The van der Waals surface area contributed by atoms with Gasteiger partial charge in [-0.05, 0) is 30.2 Å². The molecule has 0 aliphatic carbocycles. The summed E-state index contributed by atoms with van der Waals surface area (Å²) in [7, 11) is -2.44. The molecule has 0 bridgehead atoms. The lowest BCUT2D eigenvalue weighted by Gasteiger charge is -2.25. The van der Waals surface area contributed by atoms with E-state index in [-0.39, 0.29) is 12.5 Å². The zero-order chi connectivity index (χ0) is 14.0. The minimum absolute atomic E-state index is 0.0985. The molecule has 0 radical (unpaired) electrons. The Morgan fingerprint density at radius 2 is 1.80 bits per heavy atom. The van der Waals surface area contributed by atoms with Crippen molar-refractivity contribution in [2.45, 2.75) is 17.2 Å². The van der Waals surface area contributed by atoms with Crippen LogP contribution in [0.25, 0.3) is 0 Å². The summed E-state index contributed by atoms with van der Waals surface area (Å²) in [6, 6.07) is 17.2. The summed E-state index contributed by atoms with van der Waals surface area (Å²) >= 11 is 0. The SMILES string of the molecule is O=[S@]1(c2ccccc2)=Nc2ccccc2[C@@H](CCO)C1. The van der Waals surface area contributed by atoms with Gasteiger partial charge in [-0.25, -0.2) is 4.21 Å². The molecule has 0 unspecified atom stereocenters. The Morgan fingerprint density at radius 3 is 2.55 bits per heavy atom. The normalized spacial score (nSPS) is 24.8. The molecule has 2 aromatic carbocycles. The van der Waals surface area contributed by atoms with E-state index in [0.717, 1.165) is 16.1 Å². The first kappa shape index (κ1) is 13.3. The molecule has 1 aliphatic rings. The van der Waals surface area contributed by atoms with Crippen LogP contribution >= 0.6 is 0 Å². The highest BCUT2D eigenvalue weighted by Gasteiger charge is 2.27. The number of hydrogen-bond acceptors (Lipinski definition) is 3. The molecule has 20 heavy (non-hydrogen) atoms. The Bertz CT molecular complexity index is 718. The van der Waals surface area contributed by atoms with E-state index in [1.54, 1.807) is 0 Å². The van der Waals surface area contributed by atoms with Gasteiger partial charge in [0.25, 0.3) is 0 Å². The van der Waals surface area contributed by atoms with Crippen LogP contribution in [0.4, 0.5) is 5.69 Å². The number of rotatable bonds is 3. The number of hydrogen-bond donors (Lipinski definition) is 1. The van der Waals surface area contributed by atoms with Crippen LogP contribution in [0.3, 0.4) is 0 Å². The summed E-state index contributed by atoms with van der Waals surface area (Å²) in [5.74, 6) is 0.579. The second kappa shape index (κ2) is 5.38. The van der Waals surface area contributed by atoms with Crippen molar-refractivity contribution in [2.24, 2.45) is 4.36 Å². The summed E-state index contributed by atoms with van der Waals surface area (Å²) < 4.78 is 17.7. The highest BCUT2D eigenvalue weighted by Crippen LogP contribution is 2.38. The molecular weight excluding hydrogens is 270 g/mol. The van der Waals surface area contributed by atoms with Gasteiger partial charge < -0.3 is 5.11 Å². The largest absolute Gasteiger partial charge is 0.396 e. The van der Waals surface area contributed by atoms with Crippen LogP contribution in [0, 0.1) is 0 Å². The second-order valence-electron chi connectivity index (χ2n) is 4.98. The third kappa shape index (κ3) is 2.37. The molecular formula is C16H17NO2S. The summed E-state index contributed by atoms with van der Waals surface area (Å²) in [5, 5.41) is 9.26. The van der Waals surface area contributed by atoms with Crippen molar-refractivity contribution < 1.29 is 9.32 Å². The number of benzene rings is 2. The van der Waals surface area contributed by atoms with E-state index in [1.807, 2.05) is 54.6 Å². The van der Waals surface area contributed by atoms with Crippen molar-refractivity contribution in [3.05, 3.63) is 60.2 Å². The molecule has 104 valence electrons. The van der Waals surface area contributed by atoms with Gasteiger partial charge in [0.1, 0.15) is 0 Å². The molecule has 1 heterocycles. The minimum Gasteiger partial charge on any atom is -0.396 e. The topological polar surface area (TPSA) is 49.7 Å². The van der Waals surface area contributed by atoms with Gasteiger partial charge in [-0.1, -0.05) is 36.4 Å². The summed E-state index contributed by atoms with van der Waals surface area (Å²) in [4.78, 5) is 0.775. The Hall–Kier alpha value is -1.65. The second-order valence-corrected chi connectivity index (χ2v) is 7.25. The van der Waals surface area contributed by atoms with Crippen molar-refractivity contribution in [1.29, 1.82) is 0 Å². The maximum Gasteiger partial charge on any atom is 0.0806 e. The van der Waals surface area contributed by atoms with Gasteiger partial charge in [0.05, 0.1) is 15.4 Å². The molecule has 0 fully saturated rings. The Balaban J connectivity index is 2.15. The van der Waals surface area contributed by atoms with Crippen LogP contribution < -0.4 is 0 Å². The van der Waals surface area contributed by atoms with Gasteiger partial charge in [-0.2, -0.15) is 4.36 Å².